The largest absolute Gasteiger partial charge is 0.465 e. The Kier molecular flexibility index (Phi) is 4.95. The van der Waals surface area contributed by atoms with Crippen LogP contribution in [0.25, 0.3) is 11.1 Å². The third kappa shape index (κ3) is 4.33. The molecule has 0 aliphatic heterocycles. The Labute approximate surface area is 127 Å². The summed E-state index contributed by atoms with van der Waals surface area (Å²) in [6.45, 7) is 0. The van der Waals surface area contributed by atoms with Crippen molar-refractivity contribution in [2.75, 3.05) is 0 Å². The maximum absolute atomic E-state index is 10.8. The number of carbonyl (C=O) groups is 2. The number of aldehydes is 1. The van der Waals surface area contributed by atoms with Gasteiger partial charge in [0.1, 0.15) is 6.29 Å². The molecule has 2 aromatic rings. The summed E-state index contributed by atoms with van der Waals surface area (Å²) in [5.74, 6) is 0. The fourth-order valence-electron chi connectivity index (χ4n) is 2.05. The summed E-state index contributed by atoms with van der Waals surface area (Å²) < 4.78 is 0. The van der Waals surface area contributed by atoms with E-state index in [2.05, 4.69) is 5.32 Å². The van der Waals surface area contributed by atoms with E-state index in [0.29, 0.717) is 17.7 Å². The molecule has 1 atom stereocenters. The number of hydrogen-bond acceptors (Lipinski definition) is 2. The molecule has 2 N–H and O–H groups in total. The summed E-state index contributed by atoms with van der Waals surface area (Å²) in [5, 5.41) is 11.5. The van der Waals surface area contributed by atoms with Crippen molar-refractivity contribution in [1.82, 2.24) is 5.32 Å². The van der Waals surface area contributed by atoms with Crippen LogP contribution in [-0.2, 0) is 11.2 Å². The molecule has 0 fully saturated rings. The number of carbonyl (C=O) groups excluding carboxylic acids is 1. The second-order valence-electron chi connectivity index (χ2n) is 4.60. The third-order valence-corrected chi connectivity index (χ3v) is 3.28. The van der Waals surface area contributed by atoms with E-state index in [0.717, 1.165) is 16.7 Å². The van der Waals surface area contributed by atoms with Crippen LogP contribution in [0.1, 0.15) is 5.56 Å². The van der Waals surface area contributed by atoms with Gasteiger partial charge >= 0.3 is 6.09 Å². The van der Waals surface area contributed by atoms with Gasteiger partial charge in [-0.1, -0.05) is 48.0 Å². The molecule has 5 heteroatoms. The normalized spacial score (nSPS) is 11.7. The molecule has 0 radical (unpaired) electrons. The van der Waals surface area contributed by atoms with Gasteiger partial charge in [-0.25, -0.2) is 4.79 Å². The van der Waals surface area contributed by atoms with Gasteiger partial charge in [0.05, 0.1) is 6.04 Å². The van der Waals surface area contributed by atoms with E-state index in [9.17, 15) is 9.59 Å². The van der Waals surface area contributed by atoms with Gasteiger partial charge in [0.15, 0.2) is 0 Å². The lowest BCUT2D eigenvalue weighted by Crippen LogP contribution is -2.36. The zero-order valence-electron chi connectivity index (χ0n) is 11.1. The fraction of sp³-hybridized carbons (Fsp3) is 0.125. The van der Waals surface area contributed by atoms with E-state index in [1.54, 1.807) is 0 Å². The zero-order chi connectivity index (χ0) is 15.2. The monoisotopic (exact) mass is 303 g/mol. The van der Waals surface area contributed by atoms with Crippen molar-refractivity contribution in [3.63, 3.8) is 0 Å². The Bertz CT molecular complexity index is 640. The van der Waals surface area contributed by atoms with E-state index in [4.69, 9.17) is 16.7 Å². The zero-order valence-corrected chi connectivity index (χ0v) is 11.9. The topological polar surface area (TPSA) is 66.4 Å². The second kappa shape index (κ2) is 6.90. The lowest BCUT2D eigenvalue weighted by Gasteiger charge is -2.10. The number of nitrogens with one attached hydrogen (secondary N) is 1. The van der Waals surface area contributed by atoms with Gasteiger partial charge < -0.3 is 15.2 Å². The van der Waals surface area contributed by atoms with Crippen LogP contribution in [0.5, 0.6) is 0 Å². The van der Waals surface area contributed by atoms with E-state index in [1.165, 1.54) is 0 Å². The standard InChI is InChI=1S/C16H14ClNO3/c17-14-3-1-2-13(9-14)12-6-4-11(5-7-12)8-15(10-19)18-16(20)21/h1-7,9-10,15,18H,8H2,(H,20,21)/t15-/m1/s1. The van der Waals surface area contributed by atoms with E-state index < -0.39 is 12.1 Å². The predicted molar refractivity (Wildman–Crippen MR) is 81.6 cm³/mol. The van der Waals surface area contributed by atoms with Gasteiger partial charge in [0.2, 0.25) is 0 Å². The van der Waals surface area contributed by atoms with Crippen LogP contribution in [0.4, 0.5) is 4.79 Å². The maximum Gasteiger partial charge on any atom is 0.405 e. The summed E-state index contributed by atoms with van der Waals surface area (Å²) in [4.78, 5) is 21.4. The first-order valence-electron chi connectivity index (χ1n) is 6.38. The Balaban J connectivity index is 2.11. The van der Waals surface area contributed by atoms with Gasteiger partial charge in [0.25, 0.3) is 0 Å². The van der Waals surface area contributed by atoms with Crippen molar-refractivity contribution in [3.05, 3.63) is 59.1 Å². The van der Waals surface area contributed by atoms with Gasteiger partial charge in [-0.3, -0.25) is 0 Å². The van der Waals surface area contributed by atoms with Crippen LogP contribution < -0.4 is 5.32 Å². The SMILES string of the molecule is O=C[C@@H](Cc1ccc(-c2cccc(Cl)c2)cc1)NC(=O)O. The summed E-state index contributed by atoms with van der Waals surface area (Å²) in [7, 11) is 0. The first-order chi connectivity index (χ1) is 10.1. The lowest BCUT2D eigenvalue weighted by molar-refractivity contribution is -0.109. The Morgan fingerprint density at radius 1 is 1.19 bits per heavy atom. The van der Waals surface area contributed by atoms with Gasteiger partial charge in [-0.15, -0.1) is 0 Å². The number of carboxylic acid groups (broad SMARTS) is 1. The minimum absolute atomic E-state index is 0.325. The molecule has 0 heterocycles. The van der Waals surface area contributed by atoms with Crippen LogP contribution in [0.15, 0.2) is 48.5 Å². The van der Waals surface area contributed by atoms with Crippen LogP contribution >= 0.6 is 11.6 Å². The molecule has 2 aromatic carbocycles. The molecule has 0 aromatic heterocycles. The number of halogens is 1. The summed E-state index contributed by atoms with van der Waals surface area (Å²) >= 11 is 5.96. The smallest absolute Gasteiger partial charge is 0.405 e. The molecule has 21 heavy (non-hydrogen) atoms. The molecule has 0 bridgehead atoms. The van der Waals surface area contributed by atoms with Gasteiger partial charge in [0, 0.05) is 5.02 Å². The Morgan fingerprint density at radius 2 is 1.90 bits per heavy atom. The van der Waals surface area contributed by atoms with Crippen LogP contribution in [0.2, 0.25) is 5.02 Å². The minimum atomic E-state index is -1.21. The summed E-state index contributed by atoms with van der Waals surface area (Å²) in [6, 6.07) is 14.4. The summed E-state index contributed by atoms with van der Waals surface area (Å²) in [5.41, 5.74) is 2.89. The highest BCUT2D eigenvalue weighted by Crippen LogP contribution is 2.23. The molecule has 4 nitrogen and oxygen atoms in total. The molecule has 108 valence electrons. The van der Waals surface area contributed by atoms with Crippen molar-refractivity contribution in [3.8, 4) is 11.1 Å². The molecular formula is C16H14ClNO3. The van der Waals surface area contributed by atoms with E-state index in [1.807, 2.05) is 48.5 Å². The maximum atomic E-state index is 10.8. The van der Waals surface area contributed by atoms with Crippen LogP contribution in [-0.4, -0.2) is 23.5 Å². The average Bonchev–Trinajstić information content (AvgIpc) is 2.47. The number of amides is 1. The first kappa shape index (κ1) is 15.1. The molecule has 0 spiro atoms. The molecule has 0 unspecified atom stereocenters. The Hall–Kier alpha value is -2.33. The van der Waals surface area contributed by atoms with Crippen molar-refractivity contribution in [2.45, 2.75) is 12.5 Å². The molecule has 1 amide bonds. The van der Waals surface area contributed by atoms with Crippen LogP contribution in [0, 0.1) is 0 Å². The molecular weight excluding hydrogens is 290 g/mol. The minimum Gasteiger partial charge on any atom is -0.465 e. The van der Waals surface area contributed by atoms with Crippen molar-refractivity contribution >= 4 is 24.0 Å². The van der Waals surface area contributed by atoms with Crippen molar-refractivity contribution < 1.29 is 14.7 Å². The highest BCUT2D eigenvalue weighted by molar-refractivity contribution is 6.30. The molecule has 0 saturated heterocycles. The highest BCUT2D eigenvalue weighted by atomic mass is 35.5. The van der Waals surface area contributed by atoms with E-state index >= 15 is 0 Å². The number of rotatable bonds is 5. The third-order valence-electron chi connectivity index (χ3n) is 3.04. The quantitative estimate of drug-likeness (QED) is 0.832. The number of hydrogen-bond donors (Lipinski definition) is 2. The molecule has 2 rings (SSSR count). The molecule has 0 aliphatic rings. The van der Waals surface area contributed by atoms with Crippen LogP contribution in [0.3, 0.4) is 0 Å². The van der Waals surface area contributed by atoms with E-state index in [-0.39, 0.29) is 0 Å². The number of benzene rings is 2. The summed E-state index contributed by atoms with van der Waals surface area (Å²) in [6.07, 6.45) is -0.285. The van der Waals surface area contributed by atoms with Crippen molar-refractivity contribution in [2.24, 2.45) is 0 Å². The lowest BCUT2D eigenvalue weighted by atomic mass is 10.0. The van der Waals surface area contributed by atoms with Gasteiger partial charge in [-0.2, -0.15) is 0 Å². The van der Waals surface area contributed by atoms with Crippen molar-refractivity contribution in [1.29, 1.82) is 0 Å². The average molecular weight is 304 g/mol. The second-order valence-corrected chi connectivity index (χ2v) is 5.04. The molecule has 0 saturated carbocycles. The Morgan fingerprint density at radius 3 is 2.48 bits per heavy atom. The first-order valence-corrected chi connectivity index (χ1v) is 6.76. The molecule has 0 aliphatic carbocycles. The predicted octanol–water partition coefficient (Wildman–Crippen LogP) is 3.38. The van der Waals surface area contributed by atoms with Gasteiger partial charge in [-0.05, 0) is 35.2 Å². The highest BCUT2D eigenvalue weighted by Gasteiger charge is 2.11. The fourth-order valence-corrected chi connectivity index (χ4v) is 2.24.